The minimum atomic E-state index is 0.248. The third kappa shape index (κ3) is 3.43. The van der Waals surface area contributed by atoms with E-state index in [9.17, 15) is 4.79 Å². The number of rotatable bonds is 5. The monoisotopic (exact) mass is 281 g/mol. The molecule has 3 nitrogen and oxygen atoms in total. The van der Waals surface area contributed by atoms with Gasteiger partial charge in [-0.15, -0.1) is 0 Å². The predicted octanol–water partition coefficient (Wildman–Crippen LogP) is 3.35. The average Bonchev–Trinajstić information content (AvgIpc) is 2.94. The second-order valence-electron chi connectivity index (χ2n) is 5.22. The van der Waals surface area contributed by atoms with Crippen LogP contribution in [-0.2, 0) is 4.79 Å². The first-order valence-electron chi connectivity index (χ1n) is 7.39. The Balaban J connectivity index is 1.54. The van der Waals surface area contributed by atoms with E-state index in [1.165, 1.54) is 11.1 Å². The zero-order valence-corrected chi connectivity index (χ0v) is 12.0. The van der Waals surface area contributed by atoms with Gasteiger partial charge in [-0.3, -0.25) is 4.79 Å². The third-order valence-electron chi connectivity index (χ3n) is 3.76. The van der Waals surface area contributed by atoms with Crippen molar-refractivity contribution in [2.75, 3.05) is 19.7 Å². The molecule has 21 heavy (non-hydrogen) atoms. The standard InChI is InChI=1S/C18H19NO2/c20-18-7-4-12-19(18)13-14-21-17-10-8-16(9-11-17)15-5-2-1-3-6-15/h1-3,5-6,8-11H,4,7,12-14H2. The fourth-order valence-corrected chi connectivity index (χ4v) is 2.59. The van der Waals surface area contributed by atoms with E-state index in [0.29, 0.717) is 19.6 Å². The molecule has 1 fully saturated rings. The maximum atomic E-state index is 11.5. The van der Waals surface area contributed by atoms with Crippen molar-refractivity contribution in [3.8, 4) is 16.9 Å². The average molecular weight is 281 g/mol. The lowest BCUT2D eigenvalue weighted by Gasteiger charge is -2.15. The van der Waals surface area contributed by atoms with E-state index < -0.39 is 0 Å². The van der Waals surface area contributed by atoms with Crippen LogP contribution in [0.1, 0.15) is 12.8 Å². The van der Waals surface area contributed by atoms with Crippen LogP contribution < -0.4 is 4.74 Å². The predicted molar refractivity (Wildman–Crippen MR) is 83.2 cm³/mol. The summed E-state index contributed by atoms with van der Waals surface area (Å²) in [5.41, 5.74) is 2.38. The van der Waals surface area contributed by atoms with E-state index in [4.69, 9.17) is 4.74 Å². The van der Waals surface area contributed by atoms with Crippen LogP contribution in [0, 0.1) is 0 Å². The largest absolute Gasteiger partial charge is 0.492 e. The molecule has 0 aromatic heterocycles. The van der Waals surface area contributed by atoms with E-state index in [1.807, 2.05) is 35.2 Å². The molecular formula is C18H19NO2. The minimum Gasteiger partial charge on any atom is -0.492 e. The van der Waals surface area contributed by atoms with Crippen LogP contribution in [0.4, 0.5) is 0 Å². The molecule has 108 valence electrons. The first-order chi connectivity index (χ1) is 10.3. The Morgan fingerprint density at radius 2 is 1.67 bits per heavy atom. The zero-order valence-electron chi connectivity index (χ0n) is 12.0. The molecule has 1 heterocycles. The van der Waals surface area contributed by atoms with Gasteiger partial charge >= 0.3 is 0 Å². The second-order valence-corrected chi connectivity index (χ2v) is 5.22. The highest BCUT2D eigenvalue weighted by atomic mass is 16.5. The Bertz CT molecular complexity index is 592. The fraction of sp³-hybridized carbons (Fsp3) is 0.278. The summed E-state index contributed by atoms with van der Waals surface area (Å²) >= 11 is 0. The molecule has 1 amide bonds. The van der Waals surface area contributed by atoms with Gasteiger partial charge in [0.05, 0.1) is 6.54 Å². The Morgan fingerprint density at radius 1 is 0.952 bits per heavy atom. The lowest BCUT2D eigenvalue weighted by Crippen LogP contribution is -2.29. The van der Waals surface area contributed by atoms with Crippen LogP contribution in [0.5, 0.6) is 5.75 Å². The summed E-state index contributed by atoms with van der Waals surface area (Å²) < 4.78 is 5.71. The number of hydrogen-bond donors (Lipinski definition) is 0. The van der Waals surface area contributed by atoms with E-state index in [2.05, 4.69) is 24.3 Å². The lowest BCUT2D eigenvalue weighted by atomic mass is 10.1. The molecule has 0 aliphatic carbocycles. The number of likely N-dealkylation sites (tertiary alicyclic amines) is 1. The first kappa shape index (κ1) is 13.7. The van der Waals surface area contributed by atoms with Gasteiger partial charge in [0.15, 0.2) is 0 Å². The Morgan fingerprint density at radius 3 is 2.33 bits per heavy atom. The number of ether oxygens (including phenoxy) is 1. The summed E-state index contributed by atoms with van der Waals surface area (Å²) in [6.07, 6.45) is 1.66. The van der Waals surface area contributed by atoms with Crippen molar-refractivity contribution in [2.24, 2.45) is 0 Å². The SMILES string of the molecule is O=C1CCCN1CCOc1ccc(-c2ccccc2)cc1. The van der Waals surface area contributed by atoms with Gasteiger partial charge in [-0.1, -0.05) is 42.5 Å². The molecule has 0 saturated carbocycles. The van der Waals surface area contributed by atoms with Gasteiger partial charge in [0.2, 0.25) is 5.91 Å². The summed E-state index contributed by atoms with van der Waals surface area (Å²) in [5.74, 6) is 1.10. The fourth-order valence-electron chi connectivity index (χ4n) is 2.59. The molecule has 1 saturated heterocycles. The van der Waals surface area contributed by atoms with E-state index in [0.717, 1.165) is 18.7 Å². The Hall–Kier alpha value is -2.29. The number of benzene rings is 2. The van der Waals surface area contributed by atoms with Gasteiger partial charge in [0.25, 0.3) is 0 Å². The van der Waals surface area contributed by atoms with Crippen LogP contribution in [-0.4, -0.2) is 30.5 Å². The molecule has 1 aliphatic heterocycles. The van der Waals surface area contributed by atoms with Crippen LogP contribution in [0.25, 0.3) is 11.1 Å². The molecule has 0 spiro atoms. The molecular weight excluding hydrogens is 262 g/mol. The normalized spacial score (nSPS) is 14.5. The maximum absolute atomic E-state index is 11.5. The first-order valence-corrected chi connectivity index (χ1v) is 7.39. The highest BCUT2D eigenvalue weighted by Crippen LogP contribution is 2.22. The topological polar surface area (TPSA) is 29.5 Å². The van der Waals surface area contributed by atoms with Gasteiger partial charge in [-0.2, -0.15) is 0 Å². The summed E-state index contributed by atoms with van der Waals surface area (Å²) in [5, 5.41) is 0. The van der Waals surface area contributed by atoms with Crippen LogP contribution >= 0.6 is 0 Å². The van der Waals surface area contributed by atoms with Crippen molar-refractivity contribution in [2.45, 2.75) is 12.8 Å². The minimum absolute atomic E-state index is 0.248. The second kappa shape index (κ2) is 6.44. The molecule has 0 N–H and O–H groups in total. The van der Waals surface area contributed by atoms with Gasteiger partial charge < -0.3 is 9.64 Å². The number of carbonyl (C=O) groups excluding carboxylic acids is 1. The molecule has 2 aromatic carbocycles. The van der Waals surface area contributed by atoms with E-state index in [1.54, 1.807) is 0 Å². The number of hydrogen-bond acceptors (Lipinski definition) is 2. The maximum Gasteiger partial charge on any atom is 0.222 e. The number of nitrogens with zero attached hydrogens (tertiary/aromatic N) is 1. The van der Waals surface area contributed by atoms with Crippen molar-refractivity contribution in [1.82, 2.24) is 4.90 Å². The van der Waals surface area contributed by atoms with Crippen LogP contribution in [0.3, 0.4) is 0 Å². The van der Waals surface area contributed by atoms with Gasteiger partial charge in [-0.05, 0) is 29.7 Å². The van der Waals surface area contributed by atoms with Crippen molar-refractivity contribution < 1.29 is 9.53 Å². The molecule has 3 heteroatoms. The quantitative estimate of drug-likeness (QED) is 0.841. The van der Waals surface area contributed by atoms with Gasteiger partial charge in [0, 0.05) is 13.0 Å². The van der Waals surface area contributed by atoms with E-state index >= 15 is 0 Å². The number of carbonyl (C=O) groups is 1. The van der Waals surface area contributed by atoms with E-state index in [-0.39, 0.29) is 5.91 Å². The molecule has 3 rings (SSSR count). The summed E-state index contributed by atoms with van der Waals surface area (Å²) in [7, 11) is 0. The third-order valence-corrected chi connectivity index (χ3v) is 3.76. The van der Waals surface area contributed by atoms with Crippen molar-refractivity contribution >= 4 is 5.91 Å². The summed E-state index contributed by atoms with van der Waals surface area (Å²) in [6, 6.07) is 18.4. The highest BCUT2D eigenvalue weighted by Gasteiger charge is 2.19. The summed E-state index contributed by atoms with van der Waals surface area (Å²) in [6.45, 7) is 2.10. The smallest absolute Gasteiger partial charge is 0.222 e. The van der Waals surface area contributed by atoms with Crippen LogP contribution in [0.2, 0.25) is 0 Å². The molecule has 1 aliphatic rings. The molecule has 0 atom stereocenters. The molecule has 0 bridgehead atoms. The van der Waals surface area contributed by atoms with Crippen LogP contribution in [0.15, 0.2) is 54.6 Å². The highest BCUT2D eigenvalue weighted by molar-refractivity contribution is 5.78. The Kier molecular flexibility index (Phi) is 4.20. The Labute approximate surface area is 125 Å². The number of amides is 1. The molecule has 0 unspecified atom stereocenters. The van der Waals surface area contributed by atoms with Gasteiger partial charge in [-0.25, -0.2) is 0 Å². The molecule has 0 radical (unpaired) electrons. The van der Waals surface area contributed by atoms with Crippen molar-refractivity contribution in [1.29, 1.82) is 0 Å². The summed E-state index contributed by atoms with van der Waals surface area (Å²) in [4.78, 5) is 13.4. The zero-order chi connectivity index (χ0) is 14.5. The van der Waals surface area contributed by atoms with Crippen molar-refractivity contribution in [3.63, 3.8) is 0 Å². The van der Waals surface area contributed by atoms with Crippen molar-refractivity contribution in [3.05, 3.63) is 54.6 Å². The lowest BCUT2D eigenvalue weighted by molar-refractivity contribution is -0.128. The molecule has 2 aromatic rings. The van der Waals surface area contributed by atoms with Gasteiger partial charge in [0.1, 0.15) is 12.4 Å².